The topological polar surface area (TPSA) is 38.3 Å². The van der Waals surface area contributed by atoms with Gasteiger partial charge in [-0.25, -0.2) is 0 Å². The maximum absolute atomic E-state index is 12.3. The summed E-state index contributed by atoms with van der Waals surface area (Å²) in [5, 5.41) is 2.89. The van der Waals surface area contributed by atoms with E-state index < -0.39 is 0 Å². The number of methoxy groups -OCH3 is 1. The minimum Gasteiger partial charge on any atom is -0.497 e. The van der Waals surface area contributed by atoms with Gasteiger partial charge >= 0.3 is 0 Å². The highest BCUT2D eigenvalue weighted by Gasteiger charge is 2.12. The first-order valence-electron chi connectivity index (χ1n) is 5.51. The monoisotopic (exact) mass is 431 g/mol. The third-order valence-corrected chi connectivity index (χ3v) is 4.17. The Morgan fingerprint density at radius 1 is 1.26 bits per heavy atom. The van der Waals surface area contributed by atoms with Crippen molar-refractivity contribution in [3.8, 4) is 5.75 Å². The summed E-state index contributed by atoms with van der Waals surface area (Å²) in [6.07, 6.45) is 0. The third kappa shape index (κ3) is 3.48. The summed E-state index contributed by atoms with van der Waals surface area (Å²) in [6.45, 7) is 0. The smallest absolute Gasteiger partial charge is 0.256 e. The largest absolute Gasteiger partial charge is 0.497 e. The zero-order valence-electron chi connectivity index (χ0n) is 10.1. The molecule has 2 aromatic rings. The Kier molecular flexibility index (Phi) is 4.81. The van der Waals surface area contributed by atoms with Gasteiger partial charge in [0.15, 0.2) is 0 Å². The van der Waals surface area contributed by atoms with Crippen LogP contribution in [-0.4, -0.2) is 13.0 Å². The molecule has 1 N–H and O–H groups in total. The number of benzene rings is 2. The number of ether oxygens (including phenoxy) is 1. The van der Waals surface area contributed by atoms with E-state index >= 15 is 0 Å². The van der Waals surface area contributed by atoms with Crippen LogP contribution < -0.4 is 10.1 Å². The van der Waals surface area contributed by atoms with Crippen molar-refractivity contribution in [3.05, 3.63) is 56.1 Å². The molecule has 0 unspecified atom stereocenters. The predicted molar refractivity (Wildman–Crippen MR) is 87.8 cm³/mol. The Bertz CT molecular complexity index is 616. The normalized spacial score (nSPS) is 10.1. The van der Waals surface area contributed by atoms with Crippen LogP contribution in [0.5, 0.6) is 5.75 Å². The molecular formula is C14H11BrINO2. The number of halogens is 2. The Morgan fingerprint density at radius 3 is 2.68 bits per heavy atom. The van der Waals surface area contributed by atoms with Gasteiger partial charge in [-0.05, 0) is 68.9 Å². The summed E-state index contributed by atoms with van der Waals surface area (Å²) in [5.41, 5.74) is 1.34. The fourth-order valence-corrected chi connectivity index (χ4v) is 2.51. The molecule has 0 aliphatic heterocycles. The van der Waals surface area contributed by atoms with Gasteiger partial charge in [0.2, 0.25) is 0 Å². The quantitative estimate of drug-likeness (QED) is 0.735. The standard InChI is InChI=1S/C14H11BrINO2/c1-19-9-6-7-11(15)10(8-9)14(18)17-13-5-3-2-4-12(13)16/h2-8H,1H3,(H,17,18). The molecule has 0 saturated carbocycles. The molecular weight excluding hydrogens is 421 g/mol. The van der Waals surface area contributed by atoms with Gasteiger partial charge in [0.25, 0.3) is 5.91 Å². The summed E-state index contributed by atoms with van der Waals surface area (Å²) in [7, 11) is 1.57. The first-order chi connectivity index (χ1) is 9.11. The fraction of sp³-hybridized carbons (Fsp3) is 0.0714. The van der Waals surface area contributed by atoms with E-state index in [1.165, 1.54) is 0 Å². The molecule has 0 aliphatic rings. The van der Waals surface area contributed by atoms with E-state index in [9.17, 15) is 4.79 Å². The van der Waals surface area contributed by atoms with Crippen LogP contribution in [0.2, 0.25) is 0 Å². The number of amides is 1. The van der Waals surface area contributed by atoms with Crippen molar-refractivity contribution >= 4 is 50.1 Å². The highest BCUT2D eigenvalue weighted by molar-refractivity contribution is 14.1. The van der Waals surface area contributed by atoms with Crippen molar-refractivity contribution in [1.82, 2.24) is 0 Å². The van der Waals surface area contributed by atoms with Crippen LogP contribution in [-0.2, 0) is 0 Å². The summed E-state index contributed by atoms with van der Waals surface area (Å²) >= 11 is 5.56. The molecule has 0 radical (unpaired) electrons. The summed E-state index contributed by atoms with van der Waals surface area (Å²) < 4.78 is 6.86. The van der Waals surface area contributed by atoms with Gasteiger partial charge in [-0.1, -0.05) is 12.1 Å². The lowest BCUT2D eigenvalue weighted by Crippen LogP contribution is -2.13. The van der Waals surface area contributed by atoms with Crippen LogP contribution in [0, 0.1) is 3.57 Å². The highest BCUT2D eigenvalue weighted by atomic mass is 127. The van der Waals surface area contributed by atoms with Crippen LogP contribution in [0.3, 0.4) is 0 Å². The molecule has 19 heavy (non-hydrogen) atoms. The summed E-state index contributed by atoms with van der Waals surface area (Å²) in [6, 6.07) is 12.9. The second kappa shape index (κ2) is 6.38. The average Bonchev–Trinajstić information content (AvgIpc) is 2.42. The Morgan fingerprint density at radius 2 is 2.00 bits per heavy atom. The second-order valence-corrected chi connectivity index (χ2v) is 5.80. The number of anilines is 1. The van der Waals surface area contributed by atoms with E-state index in [1.54, 1.807) is 25.3 Å². The number of carbonyl (C=O) groups is 1. The van der Waals surface area contributed by atoms with Crippen molar-refractivity contribution in [1.29, 1.82) is 0 Å². The van der Waals surface area contributed by atoms with Crippen LogP contribution in [0.1, 0.15) is 10.4 Å². The van der Waals surface area contributed by atoms with Crippen LogP contribution >= 0.6 is 38.5 Å². The highest BCUT2D eigenvalue weighted by Crippen LogP contribution is 2.24. The summed E-state index contributed by atoms with van der Waals surface area (Å²) in [5.74, 6) is 0.478. The van der Waals surface area contributed by atoms with E-state index in [0.29, 0.717) is 11.3 Å². The maximum atomic E-state index is 12.3. The van der Waals surface area contributed by atoms with Gasteiger partial charge in [0.05, 0.1) is 18.4 Å². The van der Waals surface area contributed by atoms with Gasteiger partial charge < -0.3 is 10.1 Å². The van der Waals surface area contributed by atoms with Gasteiger partial charge in [-0.3, -0.25) is 4.79 Å². The Hall–Kier alpha value is -1.08. The molecule has 0 aromatic heterocycles. The number of rotatable bonds is 3. The van der Waals surface area contributed by atoms with Crippen molar-refractivity contribution in [3.63, 3.8) is 0 Å². The minimum atomic E-state index is -0.171. The second-order valence-electron chi connectivity index (χ2n) is 3.78. The Balaban J connectivity index is 2.28. The molecule has 0 spiro atoms. The van der Waals surface area contributed by atoms with E-state index in [2.05, 4.69) is 43.8 Å². The van der Waals surface area contributed by atoms with E-state index in [-0.39, 0.29) is 5.91 Å². The van der Waals surface area contributed by atoms with Gasteiger partial charge in [0, 0.05) is 8.04 Å². The SMILES string of the molecule is COc1ccc(Br)c(C(=O)Nc2ccccc2I)c1. The molecule has 5 heteroatoms. The lowest BCUT2D eigenvalue weighted by Gasteiger charge is -2.09. The molecule has 98 valence electrons. The molecule has 0 aliphatic carbocycles. The first-order valence-corrected chi connectivity index (χ1v) is 7.38. The zero-order valence-corrected chi connectivity index (χ0v) is 13.9. The number of para-hydroxylation sites is 1. The molecule has 2 rings (SSSR count). The van der Waals surface area contributed by atoms with E-state index in [4.69, 9.17) is 4.74 Å². The minimum absolute atomic E-state index is 0.171. The van der Waals surface area contributed by atoms with Crippen molar-refractivity contribution in [2.45, 2.75) is 0 Å². The Labute approximate surface area is 133 Å². The van der Waals surface area contributed by atoms with Crippen LogP contribution in [0.4, 0.5) is 5.69 Å². The van der Waals surface area contributed by atoms with Crippen LogP contribution in [0.25, 0.3) is 0 Å². The van der Waals surface area contributed by atoms with Gasteiger partial charge in [-0.15, -0.1) is 0 Å². The molecule has 0 bridgehead atoms. The van der Waals surface area contributed by atoms with Crippen molar-refractivity contribution in [2.24, 2.45) is 0 Å². The number of nitrogens with one attached hydrogen (secondary N) is 1. The lowest BCUT2D eigenvalue weighted by atomic mass is 10.2. The molecule has 0 heterocycles. The fourth-order valence-electron chi connectivity index (χ4n) is 1.56. The van der Waals surface area contributed by atoms with Crippen LogP contribution in [0.15, 0.2) is 46.9 Å². The predicted octanol–water partition coefficient (Wildman–Crippen LogP) is 4.31. The lowest BCUT2D eigenvalue weighted by molar-refractivity contribution is 0.102. The first kappa shape index (κ1) is 14.3. The molecule has 0 fully saturated rings. The number of carbonyl (C=O) groups excluding carboxylic acids is 1. The maximum Gasteiger partial charge on any atom is 0.256 e. The average molecular weight is 432 g/mol. The molecule has 3 nitrogen and oxygen atoms in total. The van der Waals surface area contributed by atoms with Crippen molar-refractivity contribution in [2.75, 3.05) is 12.4 Å². The third-order valence-electron chi connectivity index (χ3n) is 2.54. The van der Waals surface area contributed by atoms with Gasteiger partial charge in [-0.2, -0.15) is 0 Å². The molecule has 0 saturated heterocycles. The molecule has 0 atom stereocenters. The van der Waals surface area contributed by atoms with E-state index in [0.717, 1.165) is 13.7 Å². The molecule has 2 aromatic carbocycles. The van der Waals surface area contributed by atoms with Gasteiger partial charge in [0.1, 0.15) is 5.75 Å². The molecule has 1 amide bonds. The number of hydrogen-bond acceptors (Lipinski definition) is 2. The number of hydrogen-bond donors (Lipinski definition) is 1. The van der Waals surface area contributed by atoms with E-state index in [1.807, 2.05) is 24.3 Å². The zero-order chi connectivity index (χ0) is 13.8. The summed E-state index contributed by atoms with van der Waals surface area (Å²) in [4.78, 5) is 12.3. The van der Waals surface area contributed by atoms with Crippen molar-refractivity contribution < 1.29 is 9.53 Å².